The van der Waals surface area contributed by atoms with Gasteiger partial charge in [-0.25, -0.2) is 0 Å². The van der Waals surface area contributed by atoms with Crippen molar-refractivity contribution in [3.63, 3.8) is 0 Å². The van der Waals surface area contributed by atoms with Crippen LogP contribution in [0.1, 0.15) is 11.1 Å². The molecule has 0 radical (unpaired) electrons. The lowest BCUT2D eigenvalue weighted by molar-refractivity contribution is 0.457. The summed E-state index contributed by atoms with van der Waals surface area (Å²) in [6.45, 7) is 1.72. The Morgan fingerprint density at radius 1 is 1.40 bits per heavy atom. The van der Waals surface area contributed by atoms with E-state index in [1.165, 1.54) is 22.9 Å². The van der Waals surface area contributed by atoms with Crippen LogP contribution in [-0.2, 0) is 13.1 Å². The number of hydrogen-bond acceptors (Lipinski definition) is 3. The van der Waals surface area contributed by atoms with Crippen LogP contribution in [0.5, 0.6) is 0 Å². The first-order chi connectivity index (χ1) is 7.35. The molecule has 3 nitrogen and oxygen atoms in total. The molecule has 0 aromatic heterocycles. The average Bonchev–Trinajstić information content (AvgIpc) is 2.69. The molecule has 15 heavy (non-hydrogen) atoms. The summed E-state index contributed by atoms with van der Waals surface area (Å²) >= 11 is 1.52. The van der Waals surface area contributed by atoms with Crippen molar-refractivity contribution in [1.82, 2.24) is 4.90 Å². The Balaban J connectivity index is 2.20. The monoisotopic (exact) mass is 217 g/mol. The van der Waals surface area contributed by atoms with E-state index in [1.54, 1.807) is 0 Å². The molecule has 1 heterocycles. The fourth-order valence-corrected chi connectivity index (χ4v) is 2.28. The first-order valence-electron chi connectivity index (χ1n) is 4.67. The Labute approximate surface area is 93.4 Å². The normalized spacial score (nSPS) is 14.9. The number of thioether (sulfide) groups is 1. The van der Waals surface area contributed by atoms with Crippen molar-refractivity contribution in [2.45, 2.75) is 13.1 Å². The Morgan fingerprint density at radius 2 is 2.00 bits per heavy atom. The average molecular weight is 217 g/mol. The van der Waals surface area contributed by atoms with Crippen molar-refractivity contribution in [1.29, 1.82) is 5.26 Å². The number of nitriles is 1. The van der Waals surface area contributed by atoms with Gasteiger partial charge in [-0.1, -0.05) is 36.0 Å². The van der Waals surface area contributed by atoms with Crippen molar-refractivity contribution in [3.05, 3.63) is 35.4 Å². The van der Waals surface area contributed by atoms with Crippen molar-refractivity contribution in [2.75, 3.05) is 6.26 Å². The minimum atomic E-state index is 0.800. The largest absolute Gasteiger partial charge is 0.342 e. The number of nitrogens with zero attached hydrogens (tertiary/aromatic N) is 3. The molecule has 0 amide bonds. The summed E-state index contributed by atoms with van der Waals surface area (Å²) in [4.78, 5) is 5.94. The van der Waals surface area contributed by atoms with Gasteiger partial charge in [0.1, 0.15) is 0 Å². The zero-order valence-corrected chi connectivity index (χ0v) is 9.29. The van der Waals surface area contributed by atoms with Gasteiger partial charge in [0.25, 0.3) is 0 Å². The number of fused-ring (bicyclic) bond motifs is 1. The zero-order valence-electron chi connectivity index (χ0n) is 8.47. The molecule has 4 heteroatoms. The number of hydrogen-bond donors (Lipinski definition) is 0. The van der Waals surface area contributed by atoms with Crippen LogP contribution in [0.15, 0.2) is 29.3 Å². The predicted octanol–water partition coefficient (Wildman–Crippen LogP) is 2.20. The van der Waals surface area contributed by atoms with Crippen LogP contribution in [0.2, 0.25) is 0 Å². The molecular weight excluding hydrogens is 206 g/mol. The molecule has 1 aliphatic rings. The van der Waals surface area contributed by atoms with Gasteiger partial charge in [-0.3, -0.25) is 0 Å². The number of amidine groups is 1. The second-order valence-corrected chi connectivity index (χ2v) is 4.10. The fraction of sp³-hybridized carbons (Fsp3) is 0.273. The molecule has 1 aromatic rings. The van der Waals surface area contributed by atoms with E-state index in [4.69, 9.17) is 5.26 Å². The summed E-state index contributed by atoms with van der Waals surface area (Å²) in [5.41, 5.74) is 2.66. The quantitative estimate of drug-likeness (QED) is 0.380. The van der Waals surface area contributed by atoms with Crippen LogP contribution in [0, 0.1) is 11.5 Å². The van der Waals surface area contributed by atoms with Gasteiger partial charge in [0, 0.05) is 13.1 Å². The lowest BCUT2D eigenvalue weighted by Gasteiger charge is -2.16. The van der Waals surface area contributed by atoms with Crippen molar-refractivity contribution in [3.8, 4) is 6.19 Å². The van der Waals surface area contributed by atoms with Crippen LogP contribution >= 0.6 is 11.8 Å². The number of benzene rings is 1. The second-order valence-electron chi connectivity index (χ2n) is 3.32. The maximum absolute atomic E-state index is 8.57. The highest BCUT2D eigenvalue weighted by Gasteiger charge is 2.20. The zero-order chi connectivity index (χ0) is 10.7. The Kier molecular flexibility index (Phi) is 2.93. The van der Waals surface area contributed by atoms with Crippen LogP contribution in [0.4, 0.5) is 0 Å². The van der Waals surface area contributed by atoms with E-state index in [0.717, 1.165) is 18.3 Å². The SMILES string of the molecule is CSC(=NC#N)N1Cc2ccccc2C1. The topological polar surface area (TPSA) is 39.4 Å². The maximum atomic E-state index is 8.57. The molecule has 76 valence electrons. The van der Waals surface area contributed by atoms with E-state index in [0.29, 0.717) is 0 Å². The molecule has 0 atom stereocenters. The van der Waals surface area contributed by atoms with Gasteiger partial charge in [0.15, 0.2) is 5.17 Å². The molecule has 0 spiro atoms. The van der Waals surface area contributed by atoms with Crippen molar-refractivity contribution in [2.24, 2.45) is 4.99 Å². The third-order valence-corrected chi connectivity index (χ3v) is 3.15. The minimum absolute atomic E-state index is 0.800. The second kappa shape index (κ2) is 4.37. The third kappa shape index (κ3) is 1.97. The summed E-state index contributed by atoms with van der Waals surface area (Å²) in [5, 5.41) is 9.37. The van der Waals surface area contributed by atoms with E-state index < -0.39 is 0 Å². The van der Waals surface area contributed by atoms with E-state index in [-0.39, 0.29) is 0 Å². The molecule has 0 saturated carbocycles. The van der Waals surface area contributed by atoms with E-state index in [1.807, 2.05) is 24.6 Å². The highest BCUT2D eigenvalue weighted by Crippen LogP contribution is 2.24. The van der Waals surface area contributed by atoms with Crippen LogP contribution in [0.25, 0.3) is 0 Å². The minimum Gasteiger partial charge on any atom is -0.342 e. The molecule has 0 N–H and O–H groups in total. The van der Waals surface area contributed by atoms with Gasteiger partial charge in [-0.2, -0.15) is 5.26 Å². The van der Waals surface area contributed by atoms with E-state index in [9.17, 15) is 0 Å². The first kappa shape index (κ1) is 10.1. The van der Waals surface area contributed by atoms with Crippen LogP contribution in [-0.4, -0.2) is 16.3 Å². The molecule has 0 fully saturated rings. The van der Waals surface area contributed by atoms with Gasteiger partial charge in [0.05, 0.1) is 0 Å². The van der Waals surface area contributed by atoms with E-state index >= 15 is 0 Å². The van der Waals surface area contributed by atoms with Crippen LogP contribution < -0.4 is 0 Å². The summed E-state index contributed by atoms with van der Waals surface area (Å²) in [6.07, 6.45) is 3.79. The Bertz CT molecular complexity index is 409. The highest BCUT2D eigenvalue weighted by molar-refractivity contribution is 8.13. The highest BCUT2D eigenvalue weighted by atomic mass is 32.2. The smallest absolute Gasteiger partial charge is 0.208 e. The standard InChI is InChI=1S/C11H11N3S/c1-15-11(13-8-12)14-6-9-4-2-3-5-10(9)7-14/h2-5H,6-7H2,1H3. The molecule has 0 aliphatic carbocycles. The molecule has 1 aromatic carbocycles. The molecule has 0 saturated heterocycles. The van der Waals surface area contributed by atoms with Gasteiger partial charge in [0.2, 0.25) is 6.19 Å². The van der Waals surface area contributed by atoms with Gasteiger partial charge in [-0.15, -0.1) is 4.99 Å². The Hall–Kier alpha value is -1.47. The molecule has 0 bridgehead atoms. The van der Waals surface area contributed by atoms with Crippen molar-refractivity contribution >= 4 is 16.9 Å². The number of rotatable bonds is 0. The summed E-state index contributed by atoms with van der Waals surface area (Å²) in [5.74, 6) is 0. The molecule has 1 aliphatic heterocycles. The van der Waals surface area contributed by atoms with Gasteiger partial charge in [-0.05, 0) is 17.4 Å². The van der Waals surface area contributed by atoms with Crippen molar-refractivity contribution < 1.29 is 0 Å². The molecule has 2 rings (SSSR count). The molecular formula is C11H11N3S. The first-order valence-corrected chi connectivity index (χ1v) is 5.90. The summed E-state index contributed by atoms with van der Waals surface area (Å²) in [7, 11) is 0. The van der Waals surface area contributed by atoms with Gasteiger partial charge < -0.3 is 4.90 Å². The van der Waals surface area contributed by atoms with E-state index in [2.05, 4.69) is 22.0 Å². The number of aliphatic imine (C=N–C) groups is 1. The lowest BCUT2D eigenvalue weighted by atomic mass is 10.1. The summed E-state index contributed by atoms with van der Waals surface area (Å²) < 4.78 is 0. The van der Waals surface area contributed by atoms with Gasteiger partial charge >= 0.3 is 0 Å². The fourth-order valence-electron chi connectivity index (χ4n) is 1.76. The Morgan fingerprint density at radius 3 is 2.47 bits per heavy atom. The maximum Gasteiger partial charge on any atom is 0.208 e. The lowest BCUT2D eigenvalue weighted by Crippen LogP contribution is -2.22. The third-order valence-electron chi connectivity index (χ3n) is 2.44. The predicted molar refractivity (Wildman–Crippen MR) is 62.3 cm³/mol. The summed E-state index contributed by atoms with van der Waals surface area (Å²) in [6, 6.07) is 8.34. The van der Waals surface area contributed by atoms with Crippen LogP contribution in [0.3, 0.4) is 0 Å². The molecule has 0 unspecified atom stereocenters.